The van der Waals surface area contributed by atoms with E-state index in [1.54, 1.807) is 6.20 Å². The lowest BCUT2D eigenvalue weighted by Gasteiger charge is -2.24. The minimum atomic E-state index is 0.673. The summed E-state index contributed by atoms with van der Waals surface area (Å²) in [5.74, 6) is 1.16. The predicted octanol–water partition coefficient (Wildman–Crippen LogP) is 1.09. The first kappa shape index (κ1) is 9.60. The molecule has 1 aliphatic rings. The maximum absolute atomic E-state index is 4.57. The molecule has 0 fully saturated rings. The highest BCUT2D eigenvalue weighted by molar-refractivity contribution is 7.14. The zero-order valence-corrected chi connectivity index (χ0v) is 10.0. The summed E-state index contributed by atoms with van der Waals surface area (Å²) in [4.78, 5) is 6.68. The Morgan fingerprint density at radius 3 is 3.12 bits per heavy atom. The number of aliphatic imine (C=N–C) groups is 1. The quantitative estimate of drug-likeness (QED) is 0.750. The number of hydrogen-bond acceptors (Lipinski definition) is 3. The molecule has 0 amide bonds. The van der Waals surface area contributed by atoms with Gasteiger partial charge in [0.1, 0.15) is 12.5 Å². The molecule has 3 heterocycles. The van der Waals surface area contributed by atoms with Crippen LogP contribution in [0.3, 0.4) is 0 Å². The molecule has 2 aromatic heterocycles. The molecule has 0 aromatic carbocycles. The van der Waals surface area contributed by atoms with E-state index in [2.05, 4.69) is 35.5 Å². The van der Waals surface area contributed by atoms with Crippen molar-refractivity contribution in [1.82, 2.24) is 14.5 Å². The van der Waals surface area contributed by atoms with Gasteiger partial charge in [-0.05, 0) is 15.5 Å². The van der Waals surface area contributed by atoms with Crippen LogP contribution in [0.15, 0.2) is 29.6 Å². The van der Waals surface area contributed by atoms with E-state index in [1.807, 2.05) is 23.8 Å². The standard InChI is InChI=1S/C10H12N5P/c1-14-6-11-9(7-4-12-13-5-7)8-2-3-15(16)10(8)14/h2-5H,6,16H2,1H3,(H,12,13). The van der Waals surface area contributed by atoms with E-state index in [9.17, 15) is 0 Å². The van der Waals surface area contributed by atoms with Crippen molar-refractivity contribution in [2.24, 2.45) is 4.99 Å². The molecule has 6 heteroatoms. The SMILES string of the molecule is CN1CN=C(c2cn[nH]c2)c2ccn(P)c21. The Labute approximate surface area is 95.4 Å². The maximum Gasteiger partial charge on any atom is 0.122 e. The summed E-state index contributed by atoms with van der Waals surface area (Å²) in [6.45, 7) is 0.673. The first-order valence-corrected chi connectivity index (χ1v) is 5.50. The van der Waals surface area contributed by atoms with E-state index >= 15 is 0 Å². The zero-order chi connectivity index (χ0) is 11.1. The largest absolute Gasteiger partial charge is 0.341 e. The number of nitrogens with zero attached hydrogens (tertiary/aromatic N) is 4. The Morgan fingerprint density at radius 2 is 2.38 bits per heavy atom. The van der Waals surface area contributed by atoms with Crippen LogP contribution in [-0.2, 0) is 0 Å². The molecule has 0 spiro atoms. The number of hydrogen-bond donors (Lipinski definition) is 1. The molecule has 1 atom stereocenters. The van der Waals surface area contributed by atoms with Crippen LogP contribution in [0, 0.1) is 0 Å². The third-order valence-corrected chi connectivity index (χ3v) is 3.13. The van der Waals surface area contributed by atoms with Gasteiger partial charge in [0.05, 0.1) is 11.9 Å². The molecule has 5 nitrogen and oxygen atoms in total. The molecule has 1 N–H and O–H groups in total. The maximum atomic E-state index is 4.57. The second-order valence-electron chi connectivity index (χ2n) is 3.79. The van der Waals surface area contributed by atoms with Crippen molar-refractivity contribution in [3.05, 3.63) is 35.8 Å². The monoisotopic (exact) mass is 233 g/mol. The molecule has 0 radical (unpaired) electrons. The fourth-order valence-corrected chi connectivity index (χ4v) is 2.41. The summed E-state index contributed by atoms with van der Waals surface area (Å²) in [5, 5.41) is 6.78. The Hall–Kier alpha value is -1.61. The highest BCUT2D eigenvalue weighted by Crippen LogP contribution is 2.29. The predicted molar refractivity (Wildman–Crippen MR) is 67.0 cm³/mol. The molecule has 16 heavy (non-hydrogen) atoms. The molecule has 3 rings (SSSR count). The van der Waals surface area contributed by atoms with Crippen molar-refractivity contribution in [2.75, 3.05) is 18.6 Å². The van der Waals surface area contributed by atoms with Gasteiger partial charge in [0.25, 0.3) is 0 Å². The molecule has 1 unspecified atom stereocenters. The molecular weight excluding hydrogens is 221 g/mol. The summed E-state index contributed by atoms with van der Waals surface area (Å²) in [6, 6.07) is 2.07. The Morgan fingerprint density at radius 1 is 1.50 bits per heavy atom. The van der Waals surface area contributed by atoms with Crippen LogP contribution in [0.1, 0.15) is 11.1 Å². The second-order valence-corrected chi connectivity index (χ2v) is 4.35. The van der Waals surface area contributed by atoms with Gasteiger partial charge in [-0.2, -0.15) is 5.10 Å². The lowest BCUT2D eigenvalue weighted by molar-refractivity contribution is 0.891. The van der Waals surface area contributed by atoms with E-state index in [1.165, 1.54) is 0 Å². The summed E-state index contributed by atoms with van der Waals surface area (Å²) < 4.78 is 2.03. The Kier molecular flexibility index (Phi) is 2.07. The lowest BCUT2D eigenvalue weighted by atomic mass is 10.1. The Bertz CT molecular complexity index is 540. The highest BCUT2D eigenvalue weighted by atomic mass is 31.0. The van der Waals surface area contributed by atoms with Gasteiger partial charge in [0.2, 0.25) is 0 Å². The number of anilines is 1. The van der Waals surface area contributed by atoms with E-state index in [0.29, 0.717) is 6.67 Å². The molecule has 0 saturated heterocycles. The number of nitrogens with one attached hydrogen (secondary N) is 1. The highest BCUT2D eigenvalue weighted by Gasteiger charge is 2.22. The first-order valence-electron chi connectivity index (χ1n) is 4.99. The number of rotatable bonds is 1. The molecule has 1 aliphatic heterocycles. The van der Waals surface area contributed by atoms with Crippen LogP contribution < -0.4 is 4.90 Å². The van der Waals surface area contributed by atoms with Crippen LogP contribution in [-0.4, -0.2) is 34.0 Å². The van der Waals surface area contributed by atoms with E-state index < -0.39 is 0 Å². The fraction of sp³-hybridized carbons (Fsp3) is 0.200. The van der Waals surface area contributed by atoms with E-state index in [-0.39, 0.29) is 0 Å². The molecule has 82 valence electrons. The zero-order valence-electron chi connectivity index (χ0n) is 8.88. The van der Waals surface area contributed by atoms with Crippen molar-refractivity contribution in [2.45, 2.75) is 0 Å². The topological polar surface area (TPSA) is 49.2 Å². The van der Waals surface area contributed by atoms with Gasteiger partial charge in [0, 0.05) is 30.6 Å². The third kappa shape index (κ3) is 1.28. The number of aromatic amines is 1. The minimum absolute atomic E-state index is 0.673. The minimum Gasteiger partial charge on any atom is -0.341 e. The van der Waals surface area contributed by atoms with Crippen molar-refractivity contribution in [1.29, 1.82) is 0 Å². The molecule has 0 bridgehead atoms. The normalized spacial score (nSPS) is 14.9. The van der Waals surface area contributed by atoms with Crippen LogP contribution >= 0.6 is 9.39 Å². The fourth-order valence-electron chi connectivity index (χ4n) is 1.98. The van der Waals surface area contributed by atoms with E-state index in [4.69, 9.17) is 0 Å². The van der Waals surface area contributed by atoms with Gasteiger partial charge < -0.3 is 9.24 Å². The second kappa shape index (κ2) is 3.46. The van der Waals surface area contributed by atoms with Crippen LogP contribution in [0.25, 0.3) is 0 Å². The van der Waals surface area contributed by atoms with Gasteiger partial charge in [-0.25, -0.2) is 0 Å². The summed E-state index contributed by atoms with van der Waals surface area (Å²) >= 11 is 0. The Balaban J connectivity index is 2.16. The summed E-state index contributed by atoms with van der Waals surface area (Å²) in [7, 11) is 4.72. The van der Waals surface area contributed by atoms with Crippen molar-refractivity contribution >= 4 is 20.9 Å². The number of H-pyrrole nitrogens is 1. The molecule has 2 aromatic rings. The van der Waals surface area contributed by atoms with Crippen molar-refractivity contribution in [3.63, 3.8) is 0 Å². The van der Waals surface area contributed by atoms with Crippen LogP contribution in [0.4, 0.5) is 5.82 Å². The van der Waals surface area contributed by atoms with Crippen molar-refractivity contribution < 1.29 is 0 Å². The van der Waals surface area contributed by atoms with Crippen molar-refractivity contribution in [3.8, 4) is 0 Å². The van der Waals surface area contributed by atoms with Crippen LogP contribution in [0.5, 0.6) is 0 Å². The van der Waals surface area contributed by atoms with Crippen LogP contribution in [0.2, 0.25) is 0 Å². The lowest BCUT2D eigenvalue weighted by Crippen LogP contribution is -2.26. The molecule has 0 aliphatic carbocycles. The van der Waals surface area contributed by atoms with Gasteiger partial charge in [-0.3, -0.25) is 10.1 Å². The number of fused-ring (bicyclic) bond motifs is 1. The van der Waals surface area contributed by atoms with E-state index in [0.717, 1.165) is 22.7 Å². The number of aromatic nitrogens is 3. The average molecular weight is 233 g/mol. The van der Waals surface area contributed by atoms with Gasteiger partial charge >= 0.3 is 0 Å². The third-order valence-electron chi connectivity index (χ3n) is 2.72. The average Bonchev–Trinajstić information content (AvgIpc) is 2.89. The van der Waals surface area contributed by atoms with Gasteiger partial charge in [-0.1, -0.05) is 0 Å². The first-order chi connectivity index (χ1) is 7.77. The van der Waals surface area contributed by atoms with Gasteiger partial charge in [0.15, 0.2) is 0 Å². The summed E-state index contributed by atoms with van der Waals surface area (Å²) in [5.41, 5.74) is 3.18. The van der Waals surface area contributed by atoms with Gasteiger partial charge in [-0.15, -0.1) is 0 Å². The molecular formula is C10H12N5P. The smallest absolute Gasteiger partial charge is 0.122 e. The molecule has 0 saturated carbocycles. The summed E-state index contributed by atoms with van der Waals surface area (Å²) in [6.07, 6.45) is 5.69.